The van der Waals surface area contributed by atoms with Crippen molar-refractivity contribution in [1.29, 1.82) is 0 Å². The number of aliphatic carboxylic acids is 1. The molecule has 0 spiro atoms. The highest BCUT2D eigenvalue weighted by atomic mass is 19.1. The Balaban J connectivity index is 1.94. The number of hydrogen-bond acceptors (Lipinski definition) is 2. The van der Waals surface area contributed by atoms with Crippen LogP contribution in [0, 0.1) is 5.82 Å². The normalized spacial score (nSPS) is 17.1. The maximum absolute atomic E-state index is 13.3. The first kappa shape index (κ1) is 14.7. The standard InChI is InChI=1S/C18H17FO3/c19-16-3-1-2-14(12-16)13-4-6-15(7-5-13)18(17(20)21)8-10-22-11-9-18/h1-7,12H,8-11H2,(H,20,21). The molecule has 1 fully saturated rings. The molecule has 1 N–H and O–H groups in total. The summed E-state index contributed by atoms with van der Waals surface area (Å²) in [5.41, 5.74) is 1.56. The van der Waals surface area contributed by atoms with Crippen LogP contribution in [0.2, 0.25) is 0 Å². The molecule has 0 aromatic heterocycles. The van der Waals surface area contributed by atoms with Crippen molar-refractivity contribution >= 4 is 5.97 Å². The van der Waals surface area contributed by atoms with Crippen LogP contribution in [0.3, 0.4) is 0 Å². The Morgan fingerprint density at radius 2 is 1.73 bits per heavy atom. The average Bonchev–Trinajstić information content (AvgIpc) is 2.55. The molecule has 1 aliphatic heterocycles. The summed E-state index contributed by atoms with van der Waals surface area (Å²) in [5.74, 6) is -1.10. The third kappa shape index (κ3) is 2.62. The van der Waals surface area contributed by atoms with Crippen LogP contribution < -0.4 is 0 Å². The molecule has 1 heterocycles. The minimum absolute atomic E-state index is 0.284. The molecule has 114 valence electrons. The van der Waals surface area contributed by atoms with E-state index in [1.54, 1.807) is 6.07 Å². The van der Waals surface area contributed by atoms with Crippen LogP contribution >= 0.6 is 0 Å². The number of ether oxygens (including phenoxy) is 1. The van der Waals surface area contributed by atoms with Gasteiger partial charge in [0.15, 0.2) is 0 Å². The molecule has 2 aromatic carbocycles. The van der Waals surface area contributed by atoms with Gasteiger partial charge >= 0.3 is 5.97 Å². The summed E-state index contributed by atoms with van der Waals surface area (Å²) in [5, 5.41) is 9.66. The van der Waals surface area contributed by atoms with E-state index in [1.807, 2.05) is 30.3 Å². The Morgan fingerprint density at radius 3 is 2.32 bits per heavy atom. The van der Waals surface area contributed by atoms with Gasteiger partial charge in [0, 0.05) is 13.2 Å². The minimum atomic E-state index is -0.876. The van der Waals surface area contributed by atoms with Gasteiger partial charge in [-0.15, -0.1) is 0 Å². The quantitative estimate of drug-likeness (QED) is 0.941. The number of benzene rings is 2. The molecular formula is C18H17FO3. The highest BCUT2D eigenvalue weighted by molar-refractivity contribution is 5.82. The van der Waals surface area contributed by atoms with Crippen LogP contribution in [0.4, 0.5) is 4.39 Å². The molecular weight excluding hydrogens is 283 g/mol. The van der Waals surface area contributed by atoms with Gasteiger partial charge in [0.2, 0.25) is 0 Å². The largest absolute Gasteiger partial charge is 0.481 e. The molecule has 3 rings (SSSR count). The van der Waals surface area contributed by atoms with Crippen LogP contribution in [0.25, 0.3) is 11.1 Å². The molecule has 0 amide bonds. The van der Waals surface area contributed by atoms with Crippen molar-refractivity contribution in [2.75, 3.05) is 13.2 Å². The van der Waals surface area contributed by atoms with E-state index >= 15 is 0 Å². The Bertz CT molecular complexity index is 673. The topological polar surface area (TPSA) is 46.5 Å². The molecule has 0 atom stereocenters. The van der Waals surface area contributed by atoms with E-state index in [0.29, 0.717) is 26.1 Å². The van der Waals surface area contributed by atoms with E-state index in [9.17, 15) is 14.3 Å². The minimum Gasteiger partial charge on any atom is -0.481 e. The maximum atomic E-state index is 13.3. The van der Waals surface area contributed by atoms with E-state index < -0.39 is 11.4 Å². The summed E-state index contributed by atoms with van der Waals surface area (Å²) in [4.78, 5) is 11.8. The number of halogens is 1. The zero-order valence-electron chi connectivity index (χ0n) is 12.1. The number of carboxylic acids is 1. The molecule has 0 bridgehead atoms. The van der Waals surface area contributed by atoms with E-state index in [4.69, 9.17) is 4.74 Å². The first-order valence-corrected chi connectivity index (χ1v) is 7.29. The number of rotatable bonds is 3. The van der Waals surface area contributed by atoms with Crippen molar-refractivity contribution in [2.45, 2.75) is 18.3 Å². The second-order valence-electron chi connectivity index (χ2n) is 5.59. The molecule has 2 aromatic rings. The summed E-state index contributed by atoms with van der Waals surface area (Å²) < 4.78 is 18.6. The van der Waals surface area contributed by atoms with Crippen LogP contribution in [0.1, 0.15) is 18.4 Å². The molecule has 0 aliphatic carbocycles. The second kappa shape index (κ2) is 5.89. The molecule has 1 aliphatic rings. The number of hydrogen-bond donors (Lipinski definition) is 1. The zero-order valence-corrected chi connectivity index (χ0v) is 12.1. The van der Waals surface area contributed by atoms with Crippen molar-refractivity contribution in [3.8, 4) is 11.1 Å². The summed E-state index contributed by atoms with van der Waals surface area (Å²) in [6.45, 7) is 0.913. The highest BCUT2D eigenvalue weighted by Crippen LogP contribution is 2.36. The van der Waals surface area contributed by atoms with Crippen LogP contribution in [0.15, 0.2) is 48.5 Å². The maximum Gasteiger partial charge on any atom is 0.314 e. The van der Waals surface area contributed by atoms with Gasteiger partial charge in [-0.25, -0.2) is 4.39 Å². The van der Waals surface area contributed by atoms with Crippen molar-refractivity contribution in [3.05, 3.63) is 59.9 Å². The lowest BCUT2D eigenvalue weighted by Crippen LogP contribution is -2.41. The van der Waals surface area contributed by atoms with Gasteiger partial charge < -0.3 is 9.84 Å². The van der Waals surface area contributed by atoms with Crippen LogP contribution in [0.5, 0.6) is 0 Å². The Morgan fingerprint density at radius 1 is 1.05 bits per heavy atom. The van der Waals surface area contributed by atoms with Gasteiger partial charge in [0.1, 0.15) is 5.82 Å². The van der Waals surface area contributed by atoms with E-state index in [-0.39, 0.29) is 5.82 Å². The Kier molecular flexibility index (Phi) is 3.94. The van der Waals surface area contributed by atoms with Gasteiger partial charge in [-0.3, -0.25) is 4.79 Å². The second-order valence-corrected chi connectivity index (χ2v) is 5.59. The van der Waals surface area contributed by atoms with Crippen molar-refractivity contribution < 1.29 is 19.0 Å². The third-order valence-electron chi connectivity index (χ3n) is 4.35. The van der Waals surface area contributed by atoms with Crippen molar-refractivity contribution in [2.24, 2.45) is 0 Å². The lowest BCUT2D eigenvalue weighted by Gasteiger charge is -2.33. The zero-order chi connectivity index (χ0) is 15.6. The lowest BCUT2D eigenvalue weighted by molar-refractivity contribution is -0.147. The SMILES string of the molecule is O=C(O)C1(c2ccc(-c3cccc(F)c3)cc2)CCOCC1. The molecule has 0 radical (unpaired) electrons. The molecule has 3 nitrogen and oxygen atoms in total. The fraction of sp³-hybridized carbons (Fsp3) is 0.278. The Hall–Kier alpha value is -2.20. The predicted molar refractivity (Wildman–Crippen MR) is 81.2 cm³/mol. The molecule has 22 heavy (non-hydrogen) atoms. The number of carboxylic acid groups (broad SMARTS) is 1. The third-order valence-corrected chi connectivity index (χ3v) is 4.35. The van der Waals surface area contributed by atoms with Gasteiger partial charge in [-0.2, -0.15) is 0 Å². The molecule has 0 unspecified atom stereocenters. The Labute approximate surface area is 128 Å². The fourth-order valence-electron chi connectivity index (χ4n) is 3.00. The summed E-state index contributed by atoms with van der Waals surface area (Å²) in [6.07, 6.45) is 0.948. The summed E-state index contributed by atoms with van der Waals surface area (Å²) >= 11 is 0. The van der Waals surface area contributed by atoms with Gasteiger partial charge in [-0.1, -0.05) is 36.4 Å². The van der Waals surface area contributed by atoms with Crippen LogP contribution in [-0.2, 0) is 14.9 Å². The lowest BCUT2D eigenvalue weighted by atomic mass is 9.74. The molecule has 1 saturated heterocycles. The van der Waals surface area contributed by atoms with E-state index in [1.165, 1.54) is 12.1 Å². The van der Waals surface area contributed by atoms with Crippen molar-refractivity contribution in [3.63, 3.8) is 0 Å². The van der Waals surface area contributed by atoms with Crippen LogP contribution in [-0.4, -0.2) is 24.3 Å². The van der Waals surface area contributed by atoms with Crippen molar-refractivity contribution in [1.82, 2.24) is 0 Å². The van der Waals surface area contributed by atoms with Gasteiger partial charge in [-0.05, 0) is 41.7 Å². The first-order valence-electron chi connectivity index (χ1n) is 7.29. The summed E-state index contributed by atoms with van der Waals surface area (Å²) in [7, 11) is 0. The summed E-state index contributed by atoms with van der Waals surface area (Å²) in [6, 6.07) is 13.7. The average molecular weight is 300 g/mol. The fourth-order valence-corrected chi connectivity index (χ4v) is 3.00. The first-order chi connectivity index (χ1) is 10.6. The molecule has 4 heteroatoms. The highest BCUT2D eigenvalue weighted by Gasteiger charge is 2.41. The van der Waals surface area contributed by atoms with Gasteiger partial charge in [0.25, 0.3) is 0 Å². The van der Waals surface area contributed by atoms with E-state index in [2.05, 4.69) is 0 Å². The van der Waals surface area contributed by atoms with E-state index in [0.717, 1.165) is 16.7 Å². The predicted octanol–water partition coefficient (Wildman–Crippen LogP) is 3.63. The van der Waals surface area contributed by atoms with Gasteiger partial charge in [0.05, 0.1) is 5.41 Å². The number of carbonyl (C=O) groups is 1. The molecule has 0 saturated carbocycles. The monoisotopic (exact) mass is 300 g/mol. The smallest absolute Gasteiger partial charge is 0.314 e.